The Kier molecular flexibility index (Phi) is 5.54. The lowest BCUT2D eigenvalue weighted by Gasteiger charge is -2.11. The molecule has 106 valence electrons. The summed E-state index contributed by atoms with van der Waals surface area (Å²) in [6.45, 7) is 6.04. The summed E-state index contributed by atoms with van der Waals surface area (Å²) in [5.74, 6) is -1.50. The fourth-order valence-corrected chi connectivity index (χ4v) is 1.72. The van der Waals surface area contributed by atoms with Crippen LogP contribution in [0.15, 0.2) is 6.07 Å². The van der Waals surface area contributed by atoms with Crippen LogP contribution in [0.5, 0.6) is 0 Å². The highest BCUT2D eigenvalue weighted by atomic mass is 16.4. The van der Waals surface area contributed by atoms with Gasteiger partial charge in [-0.3, -0.25) is 14.7 Å². The number of hydrogen-bond acceptors (Lipinski definition) is 3. The number of nitrogens with one attached hydrogen (secondary N) is 2. The summed E-state index contributed by atoms with van der Waals surface area (Å²) in [5.41, 5.74) is 1.18. The van der Waals surface area contributed by atoms with E-state index in [1.807, 2.05) is 20.8 Å². The van der Waals surface area contributed by atoms with Crippen molar-refractivity contribution in [3.8, 4) is 0 Å². The van der Waals surface area contributed by atoms with Crippen molar-refractivity contribution in [3.05, 3.63) is 17.5 Å². The molecule has 0 spiro atoms. The van der Waals surface area contributed by atoms with E-state index in [-0.39, 0.29) is 18.4 Å². The Morgan fingerprint density at radius 1 is 1.47 bits per heavy atom. The number of amides is 1. The van der Waals surface area contributed by atoms with E-state index in [2.05, 4.69) is 15.5 Å². The third-order valence-electron chi connectivity index (χ3n) is 2.95. The SMILES string of the molecule is CCCC(CNC(=O)c1cc(C(C)C)[nH]n1)C(=O)O. The highest BCUT2D eigenvalue weighted by Crippen LogP contribution is 2.12. The molecule has 1 aromatic rings. The summed E-state index contributed by atoms with van der Waals surface area (Å²) in [7, 11) is 0. The van der Waals surface area contributed by atoms with Crippen molar-refractivity contribution >= 4 is 11.9 Å². The first-order chi connectivity index (χ1) is 8.95. The summed E-state index contributed by atoms with van der Waals surface area (Å²) in [6, 6.07) is 1.69. The number of rotatable bonds is 7. The Morgan fingerprint density at radius 2 is 2.16 bits per heavy atom. The van der Waals surface area contributed by atoms with Gasteiger partial charge in [-0.2, -0.15) is 5.10 Å². The molecule has 0 fully saturated rings. The number of aromatic amines is 1. The molecule has 3 N–H and O–H groups in total. The molecule has 1 atom stereocenters. The number of nitrogens with zero attached hydrogens (tertiary/aromatic N) is 1. The van der Waals surface area contributed by atoms with Crippen LogP contribution in [0, 0.1) is 5.92 Å². The molecule has 1 aromatic heterocycles. The first kappa shape index (κ1) is 15.2. The van der Waals surface area contributed by atoms with Crippen LogP contribution in [0.3, 0.4) is 0 Å². The molecule has 6 nitrogen and oxygen atoms in total. The fraction of sp³-hybridized carbons (Fsp3) is 0.615. The molecule has 0 aliphatic heterocycles. The number of carboxylic acids is 1. The molecule has 0 aliphatic carbocycles. The largest absolute Gasteiger partial charge is 0.481 e. The van der Waals surface area contributed by atoms with Crippen molar-refractivity contribution < 1.29 is 14.7 Å². The van der Waals surface area contributed by atoms with Crippen molar-refractivity contribution in [2.24, 2.45) is 5.92 Å². The molecule has 0 saturated carbocycles. The summed E-state index contributed by atoms with van der Waals surface area (Å²) in [4.78, 5) is 22.8. The summed E-state index contributed by atoms with van der Waals surface area (Å²) in [5, 5.41) is 18.3. The Bertz CT molecular complexity index is 440. The number of aromatic nitrogens is 2. The van der Waals surface area contributed by atoms with Gasteiger partial charge >= 0.3 is 5.97 Å². The number of carbonyl (C=O) groups excluding carboxylic acids is 1. The number of aliphatic carboxylic acids is 1. The maximum Gasteiger partial charge on any atom is 0.308 e. The van der Waals surface area contributed by atoms with Crippen LogP contribution in [0.2, 0.25) is 0 Å². The average molecular weight is 267 g/mol. The minimum Gasteiger partial charge on any atom is -0.481 e. The van der Waals surface area contributed by atoms with Crippen LogP contribution in [0.1, 0.15) is 55.7 Å². The second kappa shape index (κ2) is 6.92. The van der Waals surface area contributed by atoms with Crippen molar-refractivity contribution in [2.45, 2.75) is 39.5 Å². The van der Waals surface area contributed by atoms with Gasteiger partial charge < -0.3 is 10.4 Å². The molecule has 1 amide bonds. The zero-order valence-corrected chi connectivity index (χ0v) is 11.6. The Hall–Kier alpha value is -1.85. The molecular formula is C13H21N3O3. The highest BCUT2D eigenvalue weighted by Gasteiger charge is 2.19. The Morgan fingerprint density at radius 3 is 2.63 bits per heavy atom. The van der Waals surface area contributed by atoms with Crippen LogP contribution in [0.25, 0.3) is 0 Å². The standard InChI is InChI=1S/C13H21N3O3/c1-4-5-9(13(18)19)7-14-12(17)11-6-10(8(2)3)15-16-11/h6,8-9H,4-5,7H2,1-3H3,(H,14,17)(H,15,16)(H,18,19). The number of carboxylic acid groups (broad SMARTS) is 1. The molecule has 0 aliphatic rings. The third kappa shape index (κ3) is 4.39. The lowest BCUT2D eigenvalue weighted by atomic mass is 10.0. The fourth-order valence-electron chi connectivity index (χ4n) is 1.72. The van der Waals surface area contributed by atoms with Gasteiger partial charge in [0.25, 0.3) is 5.91 Å². The molecule has 0 bridgehead atoms. The molecule has 0 aromatic carbocycles. The summed E-state index contributed by atoms with van der Waals surface area (Å²) in [6.07, 6.45) is 1.32. The number of carbonyl (C=O) groups is 2. The monoisotopic (exact) mass is 267 g/mol. The maximum atomic E-state index is 11.8. The molecule has 0 saturated heterocycles. The van der Waals surface area contributed by atoms with Crippen molar-refractivity contribution in [3.63, 3.8) is 0 Å². The molecule has 0 radical (unpaired) electrons. The molecular weight excluding hydrogens is 246 g/mol. The molecule has 19 heavy (non-hydrogen) atoms. The van der Waals surface area contributed by atoms with Gasteiger partial charge in [-0.25, -0.2) is 0 Å². The lowest BCUT2D eigenvalue weighted by Crippen LogP contribution is -2.33. The molecule has 1 heterocycles. The summed E-state index contributed by atoms with van der Waals surface area (Å²) >= 11 is 0. The number of H-pyrrole nitrogens is 1. The topological polar surface area (TPSA) is 95.1 Å². The normalized spacial score (nSPS) is 12.4. The number of hydrogen-bond donors (Lipinski definition) is 3. The van der Waals surface area contributed by atoms with E-state index in [9.17, 15) is 9.59 Å². The van der Waals surface area contributed by atoms with E-state index in [0.717, 1.165) is 12.1 Å². The van der Waals surface area contributed by atoms with E-state index in [1.54, 1.807) is 6.07 Å². The van der Waals surface area contributed by atoms with Gasteiger partial charge in [-0.1, -0.05) is 27.2 Å². The highest BCUT2D eigenvalue weighted by molar-refractivity contribution is 5.92. The molecule has 6 heteroatoms. The Labute approximate surface area is 112 Å². The Balaban J connectivity index is 2.56. The smallest absolute Gasteiger partial charge is 0.308 e. The zero-order chi connectivity index (χ0) is 14.4. The van der Waals surface area contributed by atoms with Gasteiger partial charge in [-0.05, 0) is 18.4 Å². The van der Waals surface area contributed by atoms with E-state index in [4.69, 9.17) is 5.11 Å². The van der Waals surface area contributed by atoms with E-state index in [1.165, 1.54) is 0 Å². The van der Waals surface area contributed by atoms with Crippen LogP contribution in [0.4, 0.5) is 0 Å². The minimum atomic E-state index is -0.882. The predicted octanol–water partition coefficient (Wildman–Crippen LogP) is 1.76. The second-order valence-electron chi connectivity index (χ2n) is 4.90. The van der Waals surface area contributed by atoms with Crippen LogP contribution in [-0.4, -0.2) is 33.7 Å². The van der Waals surface area contributed by atoms with Crippen LogP contribution < -0.4 is 5.32 Å². The van der Waals surface area contributed by atoms with Crippen LogP contribution >= 0.6 is 0 Å². The zero-order valence-electron chi connectivity index (χ0n) is 11.6. The first-order valence-electron chi connectivity index (χ1n) is 6.52. The van der Waals surface area contributed by atoms with E-state index in [0.29, 0.717) is 12.1 Å². The van der Waals surface area contributed by atoms with Crippen LogP contribution in [-0.2, 0) is 4.79 Å². The first-order valence-corrected chi connectivity index (χ1v) is 6.52. The van der Waals surface area contributed by atoms with Gasteiger partial charge in [-0.15, -0.1) is 0 Å². The van der Waals surface area contributed by atoms with Crippen molar-refractivity contribution in [1.82, 2.24) is 15.5 Å². The second-order valence-corrected chi connectivity index (χ2v) is 4.90. The van der Waals surface area contributed by atoms with Gasteiger partial charge in [0.05, 0.1) is 5.92 Å². The minimum absolute atomic E-state index is 0.131. The predicted molar refractivity (Wildman–Crippen MR) is 71.0 cm³/mol. The molecule has 1 unspecified atom stereocenters. The van der Waals surface area contributed by atoms with Gasteiger partial charge in [0.1, 0.15) is 5.69 Å². The lowest BCUT2D eigenvalue weighted by molar-refractivity contribution is -0.141. The molecule has 1 rings (SSSR count). The van der Waals surface area contributed by atoms with Gasteiger partial charge in [0.15, 0.2) is 0 Å². The quantitative estimate of drug-likeness (QED) is 0.701. The van der Waals surface area contributed by atoms with Crippen molar-refractivity contribution in [1.29, 1.82) is 0 Å². The summed E-state index contributed by atoms with van der Waals surface area (Å²) < 4.78 is 0. The third-order valence-corrected chi connectivity index (χ3v) is 2.95. The average Bonchev–Trinajstić information content (AvgIpc) is 2.83. The van der Waals surface area contributed by atoms with Gasteiger partial charge in [0, 0.05) is 12.2 Å². The van der Waals surface area contributed by atoms with Crippen molar-refractivity contribution in [2.75, 3.05) is 6.54 Å². The van der Waals surface area contributed by atoms with E-state index < -0.39 is 11.9 Å². The maximum absolute atomic E-state index is 11.8. The van der Waals surface area contributed by atoms with E-state index >= 15 is 0 Å². The van der Waals surface area contributed by atoms with Gasteiger partial charge in [0.2, 0.25) is 0 Å².